The van der Waals surface area contributed by atoms with Crippen molar-refractivity contribution in [3.8, 4) is 0 Å². The molecule has 1 aliphatic heterocycles. The first-order valence-corrected chi connectivity index (χ1v) is 8.26. The van der Waals surface area contributed by atoms with Crippen LogP contribution in [0.5, 0.6) is 0 Å². The maximum absolute atomic E-state index is 13.2. The Hall–Kier alpha value is -1.72. The molecular formula is C17H19FN2OS. The van der Waals surface area contributed by atoms with Crippen LogP contribution in [0.2, 0.25) is 0 Å². The molecule has 0 bridgehead atoms. The van der Waals surface area contributed by atoms with Gasteiger partial charge in [0.1, 0.15) is 5.82 Å². The predicted molar refractivity (Wildman–Crippen MR) is 86.6 cm³/mol. The van der Waals surface area contributed by atoms with Gasteiger partial charge in [-0.1, -0.05) is 12.1 Å². The maximum atomic E-state index is 13.2. The Morgan fingerprint density at radius 1 is 1.18 bits per heavy atom. The molecule has 1 aromatic heterocycles. The van der Waals surface area contributed by atoms with Crippen molar-refractivity contribution in [2.75, 3.05) is 26.2 Å². The summed E-state index contributed by atoms with van der Waals surface area (Å²) in [5, 5.41) is 0. The molecule has 1 fully saturated rings. The summed E-state index contributed by atoms with van der Waals surface area (Å²) in [7, 11) is 0. The third-order valence-electron chi connectivity index (χ3n) is 3.91. The number of nitrogens with zero attached hydrogens (tertiary/aromatic N) is 2. The number of hydrogen-bond donors (Lipinski definition) is 0. The Balaban J connectivity index is 1.55. The second-order valence-corrected chi connectivity index (χ2v) is 6.90. The van der Waals surface area contributed by atoms with E-state index in [2.05, 4.69) is 4.90 Å². The summed E-state index contributed by atoms with van der Waals surface area (Å²) >= 11 is 1.55. The second-order valence-electron chi connectivity index (χ2n) is 5.61. The van der Waals surface area contributed by atoms with Crippen LogP contribution < -0.4 is 0 Å². The van der Waals surface area contributed by atoms with Gasteiger partial charge in [-0.3, -0.25) is 9.69 Å². The number of carbonyl (C=O) groups is 1. The fourth-order valence-electron chi connectivity index (χ4n) is 2.71. The number of amides is 1. The van der Waals surface area contributed by atoms with Crippen molar-refractivity contribution in [1.29, 1.82) is 0 Å². The molecule has 5 heteroatoms. The van der Waals surface area contributed by atoms with Gasteiger partial charge in [-0.2, -0.15) is 0 Å². The average molecular weight is 318 g/mol. The number of piperazine rings is 1. The van der Waals surface area contributed by atoms with Crippen LogP contribution in [0.3, 0.4) is 0 Å². The van der Waals surface area contributed by atoms with Crippen molar-refractivity contribution in [2.45, 2.75) is 13.5 Å². The molecule has 1 aromatic carbocycles. The van der Waals surface area contributed by atoms with E-state index in [1.165, 1.54) is 6.07 Å². The number of halogens is 1. The lowest BCUT2D eigenvalue weighted by molar-refractivity contribution is 0.0633. The maximum Gasteiger partial charge on any atom is 0.264 e. The van der Waals surface area contributed by atoms with Gasteiger partial charge in [0.2, 0.25) is 0 Å². The fourth-order valence-corrected chi connectivity index (χ4v) is 3.54. The standard InChI is InChI=1S/C17H19FN2OS/c1-13-5-6-16(22-13)17(21)20-9-7-19(8-10-20)12-14-3-2-4-15(18)11-14/h2-6,11H,7-10,12H2,1H3. The smallest absolute Gasteiger partial charge is 0.264 e. The van der Waals surface area contributed by atoms with Crippen molar-refractivity contribution in [1.82, 2.24) is 9.80 Å². The lowest BCUT2D eigenvalue weighted by atomic mass is 10.2. The highest BCUT2D eigenvalue weighted by molar-refractivity contribution is 7.13. The van der Waals surface area contributed by atoms with Crippen molar-refractivity contribution < 1.29 is 9.18 Å². The number of thiophene rings is 1. The summed E-state index contributed by atoms with van der Waals surface area (Å²) in [5.41, 5.74) is 0.980. The highest BCUT2D eigenvalue weighted by Gasteiger charge is 2.23. The van der Waals surface area contributed by atoms with Crippen molar-refractivity contribution in [3.05, 3.63) is 57.5 Å². The Labute approximate surface area is 134 Å². The van der Waals surface area contributed by atoms with E-state index >= 15 is 0 Å². The quantitative estimate of drug-likeness (QED) is 0.868. The minimum atomic E-state index is -0.195. The zero-order valence-electron chi connectivity index (χ0n) is 12.6. The second kappa shape index (κ2) is 6.58. The van der Waals surface area contributed by atoms with Crippen LogP contribution in [-0.2, 0) is 6.54 Å². The van der Waals surface area contributed by atoms with E-state index in [4.69, 9.17) is 0 Å². The molecule has 2 aromatic rings. The van der Waals surface area contributed by atoms with E-state index in [1.807, 2.05) is 30.0 Å². The third-order valence-corrected chi connectivity index (χ3v) is 4.89. The molecule has 0 radical (unpaired) electrons. The lowest BCUT2D eigenvalue weighted by Gasteiger charge is -2.34. The summed E-state index contributed by atoms with van der Waals surface area (Å²) in [5.74, 6) is -0.0668. The van der Waals surface area contributed by atoms with E-state index in [1.54, 1.807) is 23.5 Å². The molecule has 3 rings (SSSR count). The molecule has 1 amide bonds. The number of benzene rings is 1. The Kier molecular flexibility index (Phi) is 4.55. The molecule has 116 valence electrons. The minimum absolute atomic E-state index is 0.128. The van der Waals surface area contributed by atoms with E-state index in [-0.39, 0.29) is 11.7 Å². The molecule has 0 atom stereocenters. The predicted octanol–water partition coefficient (Wildman–Crippen LogP) is 3.15. The Morgan fingerprint density at radius 3 is 2.59 bits per heavy atom. The fraction of sp³-hybridized carbons (Fsp3) is 0.353. The van der Waals surface area contributed by atoms with Crippen LogP contribution in [0.15, 0.2) is 36.4 Å². The molecule has 0 N–H and O–H groups in total. The normalized spacial score (nSPS) is 16.0. The summed E-state index contributed by atoms with van der Waals surface area (Å²) in [6, 6.07) is 10.6. The summed E-state index contributed by atoms with van der Waals surface area (Å²) in [6.07, 6.45) is 0. The molecule has 0 saturated carbocycles. The molecule has 1 aliphatic rings. The highest BCUT2D eigenvalue weighted by atomic mass is 32.1. The molecule has 2 heterocycles. The SMILES string of the molecule is Cc1ccc(C(=O)N2CCN(Cc3cccc(F)c3)CC2)s1. The van der Waals surface area contributed by atoms with Gasteiger partial charge in [0.25, 0.3) is 5.91 Å². The van der Waals surface area contributed by atoms with Crippen LogP contribution in [-0.4, -0.2) is 41.9 Å². The van der Waals surface area contributed by atoms with Gasteiger partial charge in [-0.15, -0.1) is 11.3 Å². The van der Waals surface area contributed by atoms with Crippen LogP contribution >= 0.6 is 11.3 Å². The Bertz CT molecular complexity index is 662. The van der Waals surface area contributed by atoms with Gasteiger partial charge in [-0.05, 0) is 36.8 Å². The van der Waals surface area contributed by atoms with E-state index < -0.39 is 0 Å². The first-order valence-electron chi connectivity index (χ1n) is 7.44. The van der Waals surface area contributed by atoms with Crippen LogP contribution in [0.4, 0.5) is 4.39 Å². The molecule has 1 saturated heterocycles. The largest absolute Gasteiger partial charge is 0.335 e. The van der Waals surface area contributed by atoms with Crippen molar-refractivity contribution in [3.63, 3.8) is 0 Å². The van der Waals surface area contributed by atoms with E-state index in [0.29, 0.717) is 0 Å². The highest BCUT2D eigenvalue weighted by Crippen LogP contribution is 2.18. The molecular weight excluding hydrogens is 299 g/mol. The summed E-state index contributed by atoms with van der Waals surface area (Å²) in [6.45, 7) is 5.85. The van der Waals surface area contributed by atoms with Crippen LogP contribution in [0, 0.1) is 12.7 Å². The average Bonchev–Trinajstić information content (AvgIpc) is 2.94. The molecule has 22 heavy (non-hydrogen) atoms. The first-order chi connectivity index (χ1) is 10.6. The molecule has 3 nitrogen and oxygen atoms in total. The first kappa shape index (κ1) is 15.2. The molecule has 0 aliphatic carbocycles. The van der Waals surface area contributed by atoms with Gasteiger partial charge < -0.3 is 4.90 Å². The van der Waals surface area contributed by atoms with Gasteiger partial charge in [-0.25, -0.2) is 4.39 Å². The number of aryl methyl sites for hydroxylation is 1. The zero-order chi connectivity index (χ0) is 15.5. The molecule has 0 unspecified atom stereocenters. The van der Waals surface area contributed by atoms with Crippen molar-refractivity contribution in [2.24, 2.45) is 0 Å². The molecule has 0 spiro atoms. The number of hydrogen-bond acceptors (Lipinski definition) is 3. The Morgan fingerprint density at radius 2 is 1.95 bits per heavy atom. The van der Waals surface area contributed by atoms with Gasteiger partial charge in [0.15, 0.2) is 0 Å². The van der Waals surface area contributed by atoms with Gasteiger partial charge in [0.05, 0.1) is 4.88 Å². The third kappa shape index (κ3) is 3.54. The summed E-state index contributed by atoms with van der Waals surface area (Å²) < 4.78 is 13.2. The van der Waals surface area contributed by atoms with E-state index in [9.17, 15) is 9.18 Å². The van der Waals surface area contributed by atoms with Gasteiger partial charge >= 0.3 is 0 Å². The number of carbonyl (C=O) groups excluding carboxylic acids is 1. The zero-order valence-corrected chi connectivity index (χ0v) is 13.4. The van der Waals surface area contributed by atoms with Gasteiger partial charge in [0, 0.05) is 37.6 Å². The van der Waals surface area contributed by atoms with Crippen molar-refractivity contribution >= 4 is 17.2 Å². The van der Waals surface area contributed by atoms with Crippen LogP contribution in [0.1, 0.15) is 20.1 Å². The lowest BCUT2D eigenvalue weighted by Crippen LogP contribution is -2.48. The van der Waals surface area contributed by atoms with Crippen LogP contribution in [0.25, 0.3) is 0 Å². The van der Waals surface area contributed by atoms with E-state index in [0.717, 1.165) is 48.0 Å². The topological polar surface area (TPSA) is 23.6 Å². The summed E-state index contributed by atoms with van der Waals surface area (Å²) in [4.78, 5) is 18.5. The monoisotopic (exact) mass is 318 g/mol. The number of rotatable bonds is 3. The minimum Gasteiger partial charge on any atom is -0.335 e.